The van der Waals surface area contributed by atoms with Crippen LogP contribution in [0.25, 0.3) is 11.3 Å². The highest BCUT2D eigenvalue weighted by molar-refractivity contribution is 6.01. The topological polar surface area (TPSA) is 121 Å². The number of carbonyl (C=O) groups excluding carboxylic acids is 1. The summed E-state index contributed by atoms with van der Waals surface area (Å²) in [7, 11) is 0. The first-order chi connectivity index (χ1) is 17.9. The normalized spacial score (nSPS) is 15.5. The Balaban J connectivity index is 1.64. The third kappa shape index (κ3) is 6.03. The molecular weight excluding hydrogens is 503 g/mol. The van der Waals surface area contributed by atoms with E-state index in [1.807, 2.05) is 13.8 Å². The lowest BCUT2D eigenvalue weighted by Crippen LogP contribution is -2.44. The van der Waals surface area contributed by atoms with E-state index in [0.29, 0.717) is 30.2 Å². The lowest BCUT2D eigenvalue weighted by molar-refractivity contribution is -0.137. The van der Waals surface area contributed by atoms with E-state index in [1.165, 1.54) is 23.1 Å². The SMILES string of the molecule is Cc1cc(OCC(O)CO)nc(NC(=O)N2CCC(C)(C)c3ccc(-c4cccc(C(F)(F)F)c4)nc32)n1. The van der Waals surface area contributed by atoms with Crippen LogP contribution in [0, 0.1) is 6.92 Å². The number of rotatable bonds is 6. The number of aryl methyl sites for hydroxylation is 1. The standard InChI is InChI=1S/C26H28F3N5O4/c1-15-11-21(38-14-18(36)13-35)32-23(30-15)33-24(37)34-10-9-25(2,3)19-7-8-20(31-22(19)34)16-5-4-6-17(12-16)26(27,28)29/h4-8,11-12,18,35-36H,9-10,13-14H2,1-3H3,(H,30,32,33,37). The van der Waals surface area contributed by atoms with Crippen LogP contribution < -0.4 is 15.0 Å². The molecule has 1 aliphatic heterocycles. The summed E-state index contributed by atoms with van der Waals surface area (Å²) in [4.78, 5) is 27.7. The number of anilines is 2. The molecule has 0 saturated carbocycles. The Morgan fingerprint density at radius 1 is 1.18 bits per heavy atom. The number of ether oxygens (including phenoxy) is 1. The molecule has 9 nitrogen and oxygen atoms in total. The molecule has 0 saturated heterocycles. The summed E-state index contributed by atoms with van der Waals surface area (Å²) >= 11 is 0. The molecule has 1 aromatic carbocycles. The molecule has 1 unspecified atom stereocenters. The van der Waals surface area contributed by atoms with Crippen LogP contribution in [-0.2, 0) is 11.6 Å². The maximum absolute atomic E-state index is 13.3. The number of fused-ring (bicyclic) bond motifs is 1. The molecule has 4 rings (SSSR count). The Morgan fingerprint density at radius 2 is 1.95 bits per heavy atom. The van der Waals surface area contributed by atoms with Gasteiger partial charge in [-0.3, -0.25) is 10.2 Å². The minimum atomic E-state index is -4.50. The second kappa shape index (κ2) is 10.5. The maximum atomic E-state index is 13.3. The number of hydrogen-bond donors (Lipinski definition) is 3. The van der Waals surface area contributed by atoms with E-state index in [2.05, 4.69) is 20.3 Å². The zero-order valence-electron chi connectivity index (χ0n) is 21.1. The highest BCUT2D eigenvalue weighted by Crippen LogP contribution is 2.40. The summed E-state index contributed by atoms with van der Waals surface area (Å²) in [6.45, 7) is 5.34. The van der Waals surface area contributed by atoms with Gasteiger partial charge in [-0.05, 0) is 37.0 Å². The van der Waals surface area contributed by atoms with E-state index in [1.54, 1.807) is 19.1 Å². The van der Waals surface area contributed by atoms with Gasteiger partial charge in [-0.1, -0.05) is 32.0 Å². The van der Waals surface area contributed by atoms with E-state index in [9.17, 15) is 23.1 Å². The van der Waals surface area contributed by atoms with Crippen molar-refractivity contribution in [3.8, 4) is 17.1 Å². The van der Waals surface area contributed by atoms with Crippen LogP contribution >= 0.6 is 0 Å². The van der Waals surface area contributed by atoms with E-state index in [0.717, 1.165) is 17.7 Å². The average Bonchev–Trinajstić information content (AvgIpc) is 2.86. The van der Waals surface area contributed by atoms with Crippen molar-refractivity contribution in [2.24, 2.45) is 0 Å². The molecule has 3 heterocycles. The highest BCUT2D eigenvalue weighted by Gasteiger charge is 2.36. The molecule has 0 fully saturated rings. The predicted octanol–water partition coefficient (Wildman–Crippen LogP) is 4.32. The van der Waals surface area contributed by atoms with Gasteiger partial charge < -0.3 is 14.9 Å². The minimum Gasteiger partial charge on any atom is -0.475 e. The first kappa shape index (κ1) is 27.3. The van der Waals surface area contributed by atoms with Crippen LogP contribution in [0.3, 0.4) is 0 Å². The predicted molar refractivity (Wildman–Crippen MR) is 134 cm³/mol. The first-order valence-corrected chi connectivity index (χ1v) is 11.9. The molecule has 2 aromatic heterocycles. The van der Waals surface area contributed by atoms with Crippen LogP contribution in [0.1, 0.15) is 37.1 Å². The molecule has 0 radical (unpaired) electrons. The number of nitrogens with zero attached hydrogens (tertiary/aromatic N) is 4. The van der Waals surface area contributed by atoms with Crippen LogP contribution in [-0.4, -0.2) is 57.1 Å². The van der Waals surface area contributed by atoms with Crippen molar-refractivity contribution >= 4 is 17.8 Å². The van der Waals surface area contributed by atoms with Crippen molar-refractivity contribution in [2.75, 3.05) is 30.0 Å². The molecule has 0 bridgehead atoms. The number of benzene rings is 1. The van der Waals surface area contributed by atoms with E-state index in [-0.39, 0.29) is 29.4 Å². The molecule has 3 N–H and O–H groups in total. The van der Waals surface area contributed by atoms with E-state index < -0.39 is 30.5 Å². The van der Waals surface area contributed by atoms with Gasteiger partial charge in [0.25, 0.3) is 0 Å². The Hall–Kier alpha value is -3.77. The number of aliphatic hydroxyl groups excluding tert-OH is 2. The van der Waals surface area contributed by atoms with Crippen molar-refractivity contribution in [1.82, 2.24) is 15.0 Å². The van der Waals surface area contributed by atoms with Gasteiger partial charge in [0.15, 0.2) is 0 Å². The first-order valence-electron chi connectivity index (χ1n) is 11.9. The summed E-state index contributed by atoms with van der Waals surface area (Å²) < 4.78 is 45.2. The van der Waals surface area contributed by atoms with Crippen LogP contribution in [0.5, 0.6) is 5.88 Å². The number of urea groups is 1. The number of aliphatic hydroxyl groups is 2. The number of amides is 2. The second-order valence-corrected chi connectivity index (χ2v) is 9.68. The van der Waals surface area contributed by atoms with Gasteiger partial charge >= 0.3 is 12.2 Å². The summed E-state index contributed by atoms with van der Waals surface area (Å²) in [5.41, 5.74) is 0.747. The zero-order valence-corrected chi connectivity index (χ0v) is 21.1. The summed E-state index contributed by atoms with van der Waals surface area (Å²) in [5.74, 6) is 0.401. The summed E-state index contributed by atoms with van der Waals surface area (Å²) in [6.07, 6.45) is -4.96. The third-order valence-corrected chi connectivity index (χ3v) is 6.23. The lowest BCUT2D eigenvalue weighted by atomic mass is 9.79. The molecule has 1 atom stereocenters. The Bertz CT molecular complexity index is 1330. The summed E-state index contributed by atoms with van der Waals surface area (Å²) in [5, 5.41) is 21.1. The van der Waals surface area contributed by atoms with Crippen molar-refractivity contribution in [2.45, 2.75) is 44.9 Å². The molecular formula is C26H28F3N5O4. The van der Waals surface area contributed by atoms with Gasteiger partial charge in [0.05, 0.1) is 17.9 Å². The fraction of sp³-hybridized carbons (Fsp3) is 0.385. The molecule has 0 spiro atoms. The van der Waals surface area contributed by atoms with Crippen LogP contribution in [0.4, 0.5) is 29.7 Å². The zero-order chi connectivity index (χ0) is 27.7. The quantitative estimate of drug-likeness (QED) is 0.433. The van der Waals surface area contributed by atoms with E-state index in [4.69, 9.17) is 9.84 Å². The smallest absolute Gasteiger partial charge is 0.416 e. The number of pyridine rings is 1. The molecule has 2 amide bonds. The second-order valence-electron chi connectivity index (χ2n) is 9.68. The monoisotopic (exact) mass is 531 g/mol. The number of aromatic nitrogens is 3. The third-order valence-electron chi connectivity index (χ3n) is 6.23. The van der Waals surface area contributed by atoms with Gasteiger partial charge in [-0.25, -0.2) is 14.8 Å². The Kier molecular flexibility index (Phi) is 7.56. The number of hydrogen-bond acceptors (Lipinski definition) is 7. The number of carbonyl (C=O) groups is 1. The lowest BCUT2D eigenvalue weighted by Gasteiger charge is -2.38. The number of alkyl halides is 3. The van der Waals surface area contributed by atoms with Crippen molar-refractivity contribution in [1.29, 1.82) is 0 Å². The molecule has 12 heteroatoms. The molecule has 202 valence electrons. The van der Waals surface area contributed by atoms with Crippen LogP contribution in [0.15, 0.2) is 42.5 Å². The number of halogens is 3. The Morgan fingerprint density at radius 3 is 2.66 bits per heavy atom. The van der Waals surface area contributed by atoms with Gasteiger partial charge in [-0.2, -0.15) is 18.2 Å². The van der Waals surface area contributed by atoms with Crippen molar-refractivity contribution in [3.05, 3.63) is 59.3 Å². The maximum Gasteiger partial charge on any atom is 0.416 e. The van der Waals surface area contributed by atoms with Gasteiger partial charge in [0.2, 0.25) is 11.8 Å². The van der Waals surface area contributed by atoms with Crippen molar-refractivity contribution in [3.63, 3.8) is 0 Å². The Labute approximate surface area is 217 Å². The minimum absolute atomic E-state index is 0.0381. The molecule has 0 aliphatic carbocycles. The van der Waals surface area contributed by atoms with Gasteiger partial charge in [0, 0.05) is 29.4 Å². The van der Waals surface area contributed by atoms with Gasteiger partial charge in [-0.15, -0.1) is 0 Å². The van der Waals surface area contributed by atoms with E-state index >= 15 is 0 Å². The fourth-order valence-electron chi connectivity index (χ4n) is 4.09. The average molecular weight is 532 g/mol. The molecule has 1 aliphatic rings. The highest BCUT2D eigenvalue weighted by atomic mass is 19.4. The number of nitrogens with one attached hydrogen (secondary N) is 1. The van der Waals surface area contributed by atoms with Gasteiger partial charge in [0.1, 0.15) is 18.5 Å². The molecule has 38 heavy (non-hydrogen) atoms. The van der Waals surface area contributed by atoms with Crippen molar-refractivity contribution < 1.29 is 32.9 Å². The molecule has 3 aromatic rings. The van der Waals surface area contributed by atoms with Crippen LogP contribution in [0.2, 0.25) is 0 Å². The fourth-order valence-corrected chi connectivity index (χ4v) is 4.09. The summed E-state index contributed by atoms with van der Waals surface area (Å²) in [6, 6.07) is 9.28. The largest absolute Gasteiger partial charge is 0.475 e.